The summed E-state index contributed by atoms with van der Waals surface area (Å²) in [4.78, 5) is 20.8. The highest BCUT2D eigenvalue weighted by molar-refractivity contribution is 6.02. The molecular formula is C31H28F4N4O4. The Balaban J connectivity index is 1.55. The molecule has 0 spiro atoms. The molecule has 2 aliphatic heterocycles. The average molecular weight is 597 g/mol. The van der Waals surface area contributed by atoms with Gasteiger partial charge in [-0.15, -0.1) is 0 Å². The minimum absolute atomic E-state index is 0.0152. The van der Waals surface area contributed by atoms with Crippen molar-refractivity contribution in [2.45, 2.75) is 31.7 Å². The van der Waals surface area contributed by atoms with Crippen LogP contribution in [0.4, 0.5) is 28.9 Å². The minimum atomic E-state index is -4.65. The van der Waals surface area contributed by atoms with E-state index in [-0.39, 0.29) is 29.5 Å². The molecule has 0 fully saturated rings. The summed E-state index contributed by atoms with van der Waals surface area (Å²) in [5.74, 6) is -0.205. The smallest absolute Gasteiger partial charge is 0.416 e. The van der Waals surface area contributed by atoms with E-state index in [4.69, 9.17) is 19.2 Å². The Morgan fingerprint density at radius 2 is 1.74 bits per heavy atom. The molecule has 0 amide bonds. The predicted octanol–water partition coefficient (Wildman–Crippen LogP) is 6.44. The lowest BCUT2D eigenvalue weighted by Gasteiger charge is -2.43. The summed E-state index contributed by atoms with van der Waals surface area (Å²) in [5.41, 5.74) is 1.37. The zero-order valence-corrected chi connectivity index (χ0v) is 23.6. The van der Waals surface area contributed by atoms with Gasteiger partial charge in [0, 0.05) is 29.7 Å². The lowest BCUT2D eigenvalue weighted by atomic mass is 9.96. The molecule has 224 valence electrons. The zero-order chi connectivity index (χ0) is 30.5. The van der Waals surface area contributed by atoms with Gasteiger partial charge in [0.1, 0.15) is 23.0 Å². The Bertz CT molecular complexity index is 1750. The van der Waals surface area contributed by atoms with Gasteiger partial charge in [0.25, 0.3) is 0 Å². The van der Waals surface area contributed by atoms with E-state index < -0.39 is 29.6 Å². The molecule has 43 heavy (non-hydrogen) atoms. The highest BCUT2D eigenvalue weighted by atomic mass is 19.4. The van der Waals surface area contributed by atoms with Gasteiger partial charge in [0.15, 0.2) is 0 Å². The molecule has 1 aromatic heterocycles. The summed E-state index contributed by atoms with van der Waals surface area (Å²) in [6, 6.07) is 14.3. The van der Waals surface area contributed by atoms with Crippen LogP contribution in [-0.2, 0) is 28.8 Å². The topological polar surface area (TPSA) is 68.5 Å². The Hall–Kier alpha value is -4.74. The van der Waals surface area contributed by atoms with Gasteiger partial charge in [0.05, 0.1) is 57.1 Å². The fourth-order valence-electron chi connectivity index (χ4n) is 5.90. The van der Waals surface area contributed by atoms with Crippen molar-refractivity contribution < 1.29 is 36.6 Å². The SMILES string of the molecule is COC(=O)CC1c2cccc(F)c2N=C(N2CCn3c(cc4c(OC)cccc43)C2)N1c1cc(C(F)(F)F)ccc1OC. The van der Waals surface area contributed by atoms with Crippen molar-refractivity contribution in [3.8, 4) is 11.5 Å². The van der Waals surface area contributed by atoms with Gasteiger partial charge >= 0.3 is 12.1 Å². The molecule has 12 heteroatoms. The summed E-state index contributed by atoms with van der Waals surface area (Å²) in [7, 11) is 4.17. The molecule has 6 rings (SSSR count). The van der Waals surface area contributed by atoms with Crippen LogP contribution in [0.2, 0.25) is 0 Å². The normalized spacial score (nSPS) is 16.4. The number of halogens is 4. The molecule has 3 aromatic carbocycles. The average Bonchev–Trinajstić information content (AvgIpc) is 3.38. The summed E-state index contributed by atoms with van der Waals surface area (Å²) >= 11 is 0. The highest BCUT2D eigenvalue weighted by Gasteiger charge is 2.40. The second-order valence-corrected chi connectivity index (χ2v) is 10.2. The first kappa shape index (κ1) is 28.4. The van der Waals surface area contributed by atoms with Crippen LogP contribution in [0.5, 0.6) is 11.5 Å². The predicted molar refractivity (Wildman–Crippen MR) is 152 cm³/mol. The van der Waals surface area contributed by atoms with Crippen LogP contribution in [0.15, 0.2) is 65.7 Å². The van der Waals surface area contributed by atoms with E-state index in [1.54, 1.807) is 13.2 Å². The molecule has 0 saturated heterocycles. The largest absolute Gasteiger partial charge is 0.496 e. The van der Waals surface area contributed by atoms with Crippen molar-refractivity contribution in [1.82, 2.24) is 9.47 Å². The minimum Gasteiger partial charge on any atom is -0.496 e. The Labute approximate surface area is 244 Å². The van der Waals surface area contributed by atoms with E-state index in [9.17, 15) is 18.0 Å². The Morgan fingerprint density at radius 1 is 0.977 bits per heavy atom. The summed E-state index contributed by atoms with van der Waals surface area (Å²) in [6.45, 7) is 1.23. The summed E-state index contributed by atoms with van der Waals surface area (Å²) < 4.78 is 75.4. The van der Waals surface area contributed by atoms with Crippen LogP contribution >= 0.6 is 0 Å². The number of alkyl halides is 3. The number of ether oxygens (including phenoxy) is 3. The molecule has 0 N–H and O–H groups in total. The van der Waals surface area contributed by atoms with Crippen molar-refractivity contribution in [2.75, 3.05) is 32.8 Å². The van der Waals surface area contributed by atoms with Gasteiger partial charge in [-0.05, 0) is 42.5 Å². The fourth-order valence-corrected chi connectivity index (χ4v) is 5.90. The number of hydrogen-bond donors (Lipinski definition) is 0. The quantitative estimate of drug-likeness (QED) is 0.195. The monoisotopic (exact) mass is 596 g/mol. The van der Waals surface area contributed by atoms with Crippen molar-refractivity contribution >= 4 is 34.2 Å². The highest BCUT2D eigenvalue weighted by Crippen LogP contribution is 2.46. The van der Waals surface area contributed by atoms with E-state index in [0.717, 1.165) is 28.7 Å². The number of nitrogens with zero attached hydrogens (tertiary/aromatic N) is 4. The standard InChI is InChI=1S/C31H28F4N4O4/c1-41-26-9-5-8-23-21(26)15-19-17-37(12-13-38(19)23)30-36-29-20(6-4-7-22(29)32)24(16-28(40)43-3)39(30)25-14-18(31(33,34)35)10-11-27(25)42-2/h4-11,14-15,24H,12-13,16-17H2,1-3H3. The van der Waals surface area contributed by atoms with Gasteiger partial charge in [-0.3, -0.25) is 4.79 Å². The van der Waals surface area contributed by atoms with Gasteiger partial charge in [-0.25, -0.2) is 9.38 Å². The molecule has 0 bridgehead atoms. The van der Waals surface area contributed by atoms with Gasteiger partial charge in [-0.1, -0.05) is 18.2 Å². The van der Waals surface area contributed by atoms with E-state index in [1.165, 1.54) is 37.3 Å². The molecule has 2 aliphatic rings. The molecule has 0 saturated carbocycles. The lowest BCUT2D eigenvalue weighted by molar-refractivity contribution is -0.141. The van der Waals surface area contributed by atoms with Crippen LogP contribution in [0.1, 0.15) is 29.3 Å². The summed E-state index contributed by atoms with van der Waals surface area (Å²) in [6.07, 6.45) is -4.93. The van der Waals surface area contributed by atoms with Crippen LogP contribution in [0, 0.1) is 5.82 Å². The van der Waals surface area contributed by atoms with Crippen LogP contribution in [0.3, 0.4) is 0 Å². The number of hydrogen-bond acceptors (Lipinski definition) is 7. The molecule has 3 heterocycles. The maximum absolute atomic E-state index is 15.3. The number of rotatable bonds is 5. The number of guanidine groups is 1. The van der Waals surface area contributed by atoms with E-state index >= 15 is 4.39 Å². The number of carbonyl (C=O) groups is 1. The molecule has 4 aromatic rings. The Morgan fingerprint density at radius 3 is 2.47 bits per heavy atom. The maximum atomic E-state index is 15.3. The molecule has 1 atom stereocenters. The second-order valence-electron chi connectivity index (χ2n) is 10.2. The number of carbonyl (C=O) groups excluding carboxylic acids is 1. The molecular weight excluding hydrogens is 568 g/mol. The van der Waals surface area contributed by atoms with Crippen LogP contribution < -0.4 is 14.4 Å². The first-order valence-corrected chi connectivity index (χ1v) is 13.5. The molecule has 8 nitrogen and oxygen atoms in total. The van der Waals surface area contributed by atoms with E-state index in [2.05, 4.69) is 4.57 Å². The van der Waals surface area contributed by atoms with Gasteiger partial charge in [-0.2, -0.15) is 13.2 Å². The number of fused-ring (bicyclic) bond motifs is 4. The zero-order valence-electron chi connectivity index (χ0n) is 23.6. The third-order valence-corrected chi connectivity index (χ3v) is 7.91. The van der Waals surface area contributed by atoms with Crippen molar-refractivity contribution in [3.63, 3.8) is 0 Å². The number of benzene rings is 3. The number of aromatic nitrogens is 1. The fraction of sp³-hybridized carbons (Fsp3) is 0.290. The van der Waals surface area contributed by atoms with Crippen molar-refractivity contribution in [2.24, 2.45) is 4.99 Å². The number of esters is 1. The molecule has 0 aliphatic carbocycles. The second kappa shape index (κ2) is 10.8. The lowest BCUT2D eigenvalue weighted by Crippen LogP contribution is -2.50. The summed E-state index contributed by atoms with van der Waals surface area (Å²) in [5, 5.41) is 0.920. The number of methoxy groups -OCH3 is 3. The van der Waals surface area contributed by atoms with Crippen LogP contribution in [-0.4, -0.2) is 49.3 Å². The van der Waals surface area contributed by atoms with Crippen LogP contribution in [0.25, 0.3) is 10.9 Å². The first-order valence-electron chi connectivity index (χ1n) is 13.5. The number of aliphatic imine (C=N–C) groups is 1. The third-order valence-electron chi connectivity index (χ3n) is 7.91. The molecule has 1 unspecified atom stereocenters. The third kappa shape index (κ3) is 4.90. The number of anilines is 1. The molecule has 0 radical (unpaired) electrons. The Kier molecular flexibility index (Phi) is 7.15. The van der Waals surface area contributed by atoms with E-state index in [0.29, 0.717) is 30.9 Å². The van der Waals surface area contributed by atoms with Gasteiger partial charge < -0.3 is 28.6 Å². The maximum Gasteiger partial charge on any atom is 0.416 e. The number of para-hydroxylation sites is 1. The van der Waals surface area contributed by atoms with Crippen molar-refractivity contribution in [1.29, 1.82) is 0 Å². The van der Waals surface area contributed by atoms with Crippen molar-refractivity contribution in [3.05, 3.63) is 83.3 Å². The van der Waals surface area contributed by atoms with Gasteiger partial charge in [0.2, 0.25) is 5.96 Å². The van der Waals surface area contributed by atoms with E-state index in [1.807, 2.05) is 29.2 Å². The first-order chi connectivity index (χ1) is 20.6.